The third-order valence-electron chi connectivity index (χ3n) is 4.34. The number of benzene rings is 3. The Labute approximate surface area is 141 Å². The van der Waals surface area contributed by atoms with Crippen LogP contribution in [0.25, 0.3) is 21.8 Å². The molecule has 0 fully saturated rings. The lowest BCUT2D eigenvalue weighted by molar-refractivity contribution is 0.590. The molecule has 3 nitrogen and oxygen atoms in total. The molecule has 4 aromatic rings. The molecule has 0 amide bonds. The molecule has 0 atom stereocenters. The van der Waals surface area contributed by atoms with Gasteiger partial charge in [-0.3, -0.25) is 0 Å². The number of hydrogen-bond donors (Lipinski definition) is 0. The number of para-hydroxylation sites is 1. The van der Waals surface area contributed by atoms with Crippen molar-refractivity contribution in [2.75, 3.05) is 0 Å². The molecule has 4 heteroatoms. The van der Waals surface area contributed by atoms with Gasteiger partial charge in [-0.25, -0.2) is 12.4 Å². The van der Waals surface area contributed by atoms with Crippen molar-refractivity contribution >= 4 is 31.8 Å². The minimum Gasteiger partial charge on any atom is -0.233 e. The van der Waals surface area contributed by atoms with Crippen LogP contribution in [0.3, 0.4) is 0 Å². The molecule has 0 radical (unpaired) electrons. The van der Waals surface area contributed by atoms with E-state index in [1.165, 1.54) is 3.97 Å². The molecule has 0 bridgehead atoms. The second kappa shape index (κ2) is 5.21. The summed E-state index contributed by atoms with van der Waals surface area (Å²) in [5.74, 6) is 0. The van der Waals surface area contributed by atoms with Gasteiger partial charge in [0.05, 0.1) is 15.9 Å². The monoisotopic (exact) mass is 335 g/mol. The molecular formula is C20H17NO2S. The van der Waals surface area contributed by atoms with E-state index in [0.29, 0.717) is 15.9 Å². The molecule has 0 saturated carbocycles. The second-order valence-electron chi connectivity index (χ2n) is 6.12. The quantitative estimate of drug-likeness (QED) is 0.535. The Morgan fingerprint density at radius 1 is 0.708 bits per heavy atom. The molecule has 0 unspecified atom stereocenters. The number of aromatic nitrogens is 1. The molecule has 1 heterocycles. The second-order valence-corrected chi connectivity index (χ2v) is 7.91. The highest BCUT2D eigenvalue weighted by Crippen LogP contribution is 2.32. The van der Waals surface area contributed by atoms with Crippen LogP contribution in [0.15, 0.2) is 71.6 Å². The molecule has 0 N–H and O–H groups in total. The van der Waals surface area contributed by atoms with Crippen LogP contribution in [-0.4, -0.2) is 12.4 Å². The lowest BCUT2D eigenvalue weighted by Gasteiger charge is -2.09. The highest BCUT2D eigenvalue weighted by Gasteiger charge is 2.22. The van der Waals surface area contributed by atoms with Crippen LogP contribution in [-0.2, 0) is 10.0 Å². The molecule has 3 aromatic carbocycles. The van der Waals surface area contributed by atoms with E-state index in [1.54, 1.807) is 12.1 Å². The normalized spacial score (nSPS) is 12.1. The zero-order valence-electron chi connectivity index (χ0n) is 13.5. The average molecular weight is 335 g/mol. The summed E-state index contributed by atoms with van der Waals surface area (Å²) >= 11 is 0. The minimum atomic E-state index is -3.66. The zero-order chi connectivity index (χ0) is 16.9. The maximum atomic E-state index is 13.3. The first-order chi connectivity index (χ1) is 11.5. The van der Waals surface area contributed by atoms with Crippen molar-refractivity contribution in [1.29, 1.82) is 0 Å². The van der Waals surface area contributed by atoms with Crippen LogP contribution in [0.1, 0.15) is 11.1 Å². The van der Waals surface area contributed by atoms with Crippen molar-refractivity contribution < 1.29 is 8.42 Å². The molecule has 0 aliphatic carbocycles. The third kappa shape index (κ3) is 2.14. The lowest BCUT2D eigenvalue weighted by atomic mass is 10.1. The van der Waals surface area contributed by atoms with Gasteiger partial charge in [-0.15, -0.1) is 0 Å². The Kier molecular flexibility index (Phi) is 3.25. The first-order valence-electron chi connectivity index (χ1n) is 7.80. The molecule has 0 aliphatic heterocycles. The summed E-state index contributed by atoms with van der Waals surface area (Å²) in [6, 6.07) is 20.5. The lowest BCUT2D eigenvalue weighted by Crippen LogP contribution is -2.12. The largest absolute Gasteiger partial charge is 0.268 e. The van der Waals surface area contributed by atoms with Crippen LogP contribution in [0, 0.1) is 13.8 Å². The Hall–Kier alpha value is -2.59. The predicted octanol–water partition coefficient (Wildman–Crippen LogP) is 4.65. The first kappa shape index (κ1) is 15.0. The summed E-state index contributed by atoms with van der Waals surface area (Å²) in [6.45, 7) is 3.96. The van der Waals surface area contributed by atoms with Crippen LogP contribution < -0.4 is 0 Å². The Bertz CT molecular complexity index is 1170. The van der Waals surface area contributed by atoms with Gasteiger partial charge in [-0.1, -0.05) is 47.5 Å². The van der Waals surface area contributed by atoms with Crippen LogP contribution in [0.4, 0.5) is 0 Å². The Balaban J connectivity index is 2.13. The van der Waals surface area contributed by atoms with Crippen LogP contribution in [0.5, 0.6) is 0 Å². The molecule has 24 heavy (non-hydrogen) atoms. The van der Waals surface area contributed by atoms with Crippen LogP contribution in [0.2, 0.25) is 0 Å². The first-order valence-corrected chi connectivity index (χ1v) is 9.24. The van der Waals surface area contributed by atoms with Crippen LogP contribution >= 0.6 is 0 Å². The smallest absolute Gasteiger partial charge is 0.233 e. The van der Waals surface area contributed by atoms with Crippen molar-refractivity contribution in [3.05, 3.63) is 77.9 Å². The van der Waals surface area contributed by atoms with Crippen molar-refractivity contribution in [2.24, 2.45) is 0 Å². The van der Waals surface area contributed by atoms with E-state index in [-0.39, 0.29) is 0 Å². The summed E-state index contributed by atoms with van der Waals surface area (Å²) in [6.07, 6.45) is 0. The summed E-state index contributed by atoms with van der Waals surface area (Å²) in [7, 11) is -3.66. The van der Waals surface area contributed by atoms with Gasteiger partial charge in [0.25, 0.3) is 10.0 Å². The maximum absolute atomic E-state index is 13.3. The van der Waals surface area contributed by atoms with Gasteiger partial charge >= 0.3 is 0 Å². The van der Waals surface area contributed by atoms with E-state index in [1.807, 2.05) is 68.4 Å². The maximum Gasteiger partial charge on any atom is 0.268 e. The number of rotatable bonds is 2. The number of hydrogen-bond acceptors (Lipinski definition) is 2. The fraction of sp³-hybridized carbons (Fsp3) is 0.100. The van der Waals surface area contributed by atoms with Gasteiger partial charge in [-0.05, 0) is 44.2 Å². The summed E-state index contributed by atoms with van der Waals surface area (Å²) in [5.41, 5.74) is 3.56. The Morgan fingerprint density at radius 3 is 2.08 bits per heavy atom. The molecular weight excluding hydrogens is 318 g/mol. The topological polar surface area (TPSA) is 39.1 Å². The third-order valence-corrected chi connectivity index (χ3v) is 6.09. The van der Waals surface area contributed by atoms with Crippen molar-refractivity contribution in [3.8, 4) is 0 Å². The SMILES string of the molecule is Cc1ccc(S(=O)(=O)n2c3ccccc3c3cc(C)ccc32)cc1. The van der Waals surface area contributed by atoms with Crippen molar-refractivity contribution in [3.63, 3.8) is 0 Å². The van der Waals surface area contributed by atoms with E-state index in [0.717, 1.165) is 21.9 Å². The fourth-order valence-electron chi connectivity index (χ4n) is 3.13. The molecule has 0 spiro atoms. The van der Waals surface area contributed by atoms with E-state index >= 15 is 0 Å². The minimum absolute atomic E-state index is 0.302. The summed E-state index contributed by atoms with van der Waals surface area (Å²) in [5, 5.41) is 1.91. The highest BCUT2D eigenvalue weighted by atomic mass is 32.2. The van der Waals surface area contributed by atoms with Gasteiger partial charge in [0.15, 0.2) is 0 Å². The number of nitrogens with zero attached hydrogens (tertiary/aromatic N) is 1. The number of fused-ring (bicyclic) bond motifs is 3. The summed E-state index contributed by atoms with van der Waals surface area (Å²) in [4.78, 5) is 0.302. The van der Waals surface area contributed by atoms with Gasteiger partial charge in [0, 0.05) is 10.8 Å². The number of aryl methyl sites for hydroxylation is 2. The van der Waals surface area contributed by atoms with Crippen molar-refractivity contribution in [2.45, 2.75) is 18.7 Å². The van der Waals surface area contributed by atoms with E-state index in [9.17, 15) is 8.42 Å². The van der Waals surface area contributed by atoms with Gasteiger partial charge in [0.1, 0.15) is 0 Å². The molecule has 1 aromatic heterocycles. The van der Waals surface area contributed by atoms with Gasteiger partial charge in [0.2, 0.25) is 0 Å². The summed E-state index contributed by atoms with van der Waals surface area (Å²) < 4.78 is 28.0. The molecule has 4 rings (SSSR count). The molecule has 0 aliphatic rings. The Morgan fingerprint density at radius 2 is 1.33 bits per heavy atom. The van der Waals surface area contributed by atoms with Gasteiger partial charge in [-0.2, -0.15) is 0 Å². The van der Waals surface area contributed by atoms with E-state index in [4.69, 9.17) is 0 Å². The molecule has 120 valence electrons. The van der Waals surface area contributed by atoms with Gasteiger partial charge < -0.3 is 0 Å². The zero-order valence-corrected chi connectivity index (χ0v) is 14.3. The van der Waals surface area contributed by atoms with E-state index < -0.39 is 10.0 Å². The standard InChI is InChI=1S/C20H17NO2S/c1-14-7-10-16(11-8-14)24(22,23)21-19-6-4-3-5-17(19)18-13-15(2)9-12-20(18)21/h3-13H,1-2H3. The predicted molar refractivity (Wildman–Crippen MR) is 97.9 cm³/mol. The highest BCUT2D eigenvalue weighted by molar-refractivity contribution is 7.90. The average Bonchev–Trinajstić information content (AvgIpc) is 2.90. The van der Waals surface area contributed by atoms with E-state index in [2.05, 4.69) is 0 Å². The fourth-order valence-corrected chi connectivity index (χ4v) is 4.65. The molecule has 0 saturated heterocycles. The van der Waals surface area contributed by atoms with Crippen molar-refractivity contribution in [1.82, 2.24) is 3.97 Å².